The molecule has 5 N–H and O–H groups in total. The SMILES string of the molecule is O=C1C2CC=C3C(CC4C(=O)N(c5cccc(B(O)O)c5)C(=O)C4C3c3cc(Cl)ccc3O)C2C(=O)N1c1cccc(B(O)O)c1. The number of hydrogen-bond acceptors (Lipinski definition) is 9. The quantitative estimate of drug-likeness (QED) is 0.151. The number of imide groups is 2. The summed E-state index contributed by atoms with van der Waals surface area (Å²) in [4.78, 5) is 58.3. The second-order valence-electron chi connectivity index (χ2n) is 12.2. The Balaban J connectivity index is 1.33. The van der Waals surface area contributed by atoms with Gasteiger partial charge in [0.15, 0.2) is 0 Å². The highest BCUT2D eigenvalue weighted by Gasteiger charge is 2.62. The van der Waals surface area contributed by atoms with Crippen LogP contribution in [0.15, 0.2) is 78.4 Å². The lowest BCUT2D eigenvalue weighted by Crippen LogP contribution is -2.43. The first-order valence-corrected chi connectivity index (χ1v) is 15.2. The van der Waals surface area contributed by atoms with Crippen LogP contribution in [0.1, 0.15) is 24.3 Å². The Morgan fingerprint density at radius 1 is 0.674 bits per heavy atom. The molecule has 46 heavy (non-hydrogen) atoms. The summed E-state index contributed by atoms with van der Waals surface area (Å²) >= 11 is 6.36. The van der Waals surface area contributed by atoms with Gasteiger partial charge in [0.25, 0.3) is 0 Å². The van der Waals surface area contributed by atoms with Gasteiger partial charge < -0.3 is 25.2 Å². The highest BCUT2D eigenvalue weighted by atomic mass is 35.5. The number of amides is 4. The van der Waals surface area contributed by atoms with Crippen LogP contribution in [0.25, 0.3) is 0 Å². The van der Waals surface area contributed by atoms with Crippen molar-refractivity contribution in [1.29, 1.82) is 0 Å². The summed E-state index contributed by atoms with van der Waals surface area (Å²) in [5.41, 5.74) is 1.52. The maximum absolute atomic E-state index is 14.2. The Bertz CT molecular complexity index is 1850. The van der Waals surface area contributed by atoms with Crippen LogP contribution in [0.4, 0.5) is 11.4 Å². The van der Waals surface area contributed by atoms with Crippen LogP contribution < -0.4 is 20.7 Å². The molecule has 11 nitrogen and oxygen atoms in total. The summed E-state index contributed by atoms with van der Waals surface area (Å²) in [5, 5.41) is 50.2. The van der Waals surface area contributed by atoms with E-state index < -0.39 is 73.4 Å². The van der Waals surface area contributed by atoms with Crippen molar-refractivity contribution < 1.29 is 44.4 Å². The van der Waals surface area contributed by atoms with Crippen LogP contribution in [0.2, 0.25) is 5.02 Å². The molecule has 0 radical (unpaired) electrons. The molecule has 7 rings (SSSR count). The Morgan fingerprint density at radius 2 is 1.24 bits per heavy atom. The molecular weight excluding hydrogens is 613 g/mol. The Kier molecular flexibility index (Phi) is 7.41. The zero-order valence-electron chi connectivity index (χ0n) is 24.1. The molecule has 0 spiro atoms. The smallest absolute Gasteiger partial charge is 0.488 e. The highest BCUT2D eigenvalue weighted by molar-refractivity contribution is 6.59. The van der Waals surface area contributed by atoms with Crippen LogP contribution >= 0.6 is 11.6 Å². The van der Waals surface area contributed by atoms with E-state index in [1.54, 1.807) is 0 Å². The van der Waals surface area contributed by atoms with Gasteiger partial charge in [0, 0.05) is 16.5 Å². The monoisotopic (exact) mass is 640 g/mol. The molecule has 2 heterocycles. The Labute approximate surface area is 268 Å². The van der Waals surface area contributed by atoms with Crippen LogP contribution in [-0.4, -0.2) is 63.1 Å². The predicted octanol–water partition coefficient (Wildman–Crippen LogP) is 0.450. The van der Waals surface area contributed by atoms with Crippen LogP contribution in [0.5, 0.6) is 5.75 Å². The molecule has 6 atom stereocenters. The van der Waals surface area contributed by atoms with Gasteiger partial charge in [-0.1, -0.05) is 47.5 Å². The topological polar surface area (TPSA) is 176 Å². The fourth-order valence-corrected chi connectivity index (χ4v) is 8.05. The summed E-state index contributed by atoms with van der Waals surface area (Å²) in [6.45, 7) is 0. The number of hydrogen-bond donors (Lipinski definition) is 5. The third kappa shape index (κ3) is 4.61. The molecule has 2 saturated heterocycles. The minimum Gasteiger partial charge on any atom is -0.508 e. The minimum absolute atomic E-state index is 0.0845. The van der Waals surface area contributed by atoms with E-state index in [9.17, 15) is 44.4 Å². The summed E-state index contributed by atoms with van der Waals surface area (Å²) in [5.74, 6) is -7.17. The van der Waals surface area contributed by atoms with E-state index in [0.29, 0.717) is 16.2 Å². The zero-order valence-corrected chi connectivity index (χ0v) is 24.9. The van der Waals surface area contributed by atoms with Crippen molar-refractivity contribution in [2.45, 2.75) is 18.8 Å². The molecular formula is C32H27B2ClN2O9. The minimum atomic E-state index is -1.83. The first kappa shape index (κ1) is 30.4. The molecule has 1 saturated carbocycles. The third-order valence-corrected chi connectivity index (χ3v) is 10.1. The van der Waals surface area contributed by atoms with Crippen molar-refractivity contribution in [2.24, 2.45) is 29.6 Å². The number of benzene rings is 3. The number of allylic oxidation sites excluding steroid dienone is 2. The Hall–Kier alpha value is -4.26. The number of carbonyl (C=O) groups is 4. The van der Waals surface area contributed by atoms with Gasteiger partial charge >= 0.3 is 14.2 Å². The highest BCUT2D eigenvalue weighted by Crippen LogP contribution is 2.59. The number of anilines is 2. The van der Waals surface area contributed by atoms with E-state index in [2.05, 4.69) is 0 Å². The van der Waals surface area contributed by atoms with Crippen LogP contribution in [-0.2, 0) is 19.2 Å². The van der Waals surface area contributed by atoms with Gasteiger partial charge in [-0.2, -0.15) is 0 Å². The van der Waals surface area contributed by atoms with Crippen molar-refractivity contribution in [3.05, 3.63) is 89.0 Å². The van der Waals surface area contributed by atoms with Gasteiger partial charge in [0.05, 0.1) is 35.0 Å². The number of nitrogens with zero attached hydrogens (tertiary/aromatic N) is 2. The summed E-state index contributed by atoms with van der Waals surface area (Å²) in [7, 11) is -3.63. The van der Waals surface area contributed by atoms with Gasteiger partial charge in [0.1, 0.15) is 5.75 Å². The molecule has 4 aliphatic rings. The first-order chi connectivity index (χ1) is 22.0. The van der Waals surface area contributed by atoms with E-state index in [1.165, 1.54) is 66.7 Å². The fraction of sp³-hybridized carbons (Fsp3) is 0.250. The lowest BCUT2D eigenvalue weighted by atomic mass is 9.57. The normalized spacial score (nSPS) is 26.9. The Morgan fingerprint density at radius 3 is 1.83 bits per heavy atom. The number of phenolic OH excluding ortho intramolecular Hbond substituents is 1. The number of aromatic hydroxyl groups is 1. The molecule has 6 unspecified atom stereocenters. The van der Waals surface area contributed by atoms with Gasteiger partial charge in [-0.3, -0.25) is 29.0 Å². The number of rotatable bonds is 5. The maximum atomic E-state index is 14.2. The molecule has 3 aromatic carbocycles. The van der Waals surface area contributed by atoms with Crippen molar-refractivity contribution >= 4 is 71.8 Å². The third-order valence-electron chi connectivity index (χ3n) is 9.83. The lowest BCUT2D eigenvalue weighted by Gasteiger charge is -2.44. The number of carbonyl (C=O) groups excluding carboxylic acids is 4. The molecule has 0 bridgehead atoms. The zero-order chi connectivity index (χ0) is 32.6. The average molecular weight is 641 g/mol. The van der Waals surface area contributed by atoms with E-state index >= 15 is 0 Å². The van der Waals surface area contributed by atoms with Gasteiger partial charge in [-0.25, -0.2) is 0 Å². The largest absolute Gasteiger partial charge is 0.508 e. The second-order valence-corrected chi connectivity index (χ2v) is 12.6. The molecule has 3 fully saturated rings. The van der Waals surface area contributed by atoms with Gasteiger partial charge in [0.2, 0.25) is 23.6 Å². The van der Waals surface area contributed by atoms with Crippen LogP contribution in [0, 0.1) is 29.6 Å². The standard InChI is InChI=1S/C32H27B2ClN2O9/c35-17-7-10-25(38)23(13-17)26-20-8-9-21-27(31(41)36(29(21)39)18-5-1-3-15(11-18)33(43)44)22(20)14-24-28(26)32(42)37(30(24)40)19-6-2-4-16(12-19)34(45)46/h1-8,10-13,21-22,24,26-28,38,43-46H,9,14H2. The van der Waals surface area contributed by atoms with Gasteiger partial charge in [-0.05, 0) is 72.1 Å². The summed E-state index contributed by atoms with van der Waals surface area (Å²) in [6.07, 6.45) is 2.09. The summed E-state index contributed by atoms with van der Waals surface area (Å²) < 4.78 is 0. The molecule has 14 heteroatoms. The van der Waals surface area contributed by atoms with E-state index in [1.807, 2.05) is 6.08 Å². The second kappa shape index (κ2) is 11.2. The first-order valence-electron chi connectivity index (χ1n) is 14.8. The average Bonchev–Trinajstić information content (AvgIpc) is 3.44. The van der Waals surface area contributed by atoms with Crippen molar-refractivity contribution in [3.63, 3.8) is 0 Å². The van der Waals surface area contributed by atoms with Gasteiger partial charge in [-0.15, -0.1) is 0 Å². The molecule has 2 aliphatic heterocycles. The van der Waals surface area contributed by atoms with E-state index in [0.717, 1.165) is 9.80 Å². The number of phenols is 1. The molecule has 3 aromatic rings. The van der Waals surface area contributed by atoms with Crippen molar-refractivity contribution in [3.8, 4) is 5.75 Å². The molecule has 4 amide bonds. The van der Waals surface area contributed by atoms with Crippen molar-refractivity contribution in [2.75, 3.05) is 9.80 Å². The van der Waals surface area contributed by atoms with Crippen molar-refractivity contribution in [1.82, 2.24) is 0 Å². The molecule has 0 aromatic heterocycles. The lowest BCUT2D eigenvalue weighted by molar-refractivity contribution is -0.126. The van der Waals surface area contributed by atoms with Crippen LogP contribution in [0.3, 0.4) is 0 Å². The number of fused-ring (bicyclic) bond motifs is 4. The fourth-order valence-electron chi connectivity index (χ4n) is 7.87. The maximum Gasteiger partial charge on any atom is 0.488 e. The summed E-state index contributed by atoms with van der Waals surface area (Å²) in [6, 6.07) is 16.1. The predicted molar refractivity (Wildman–Crippen MR) is 168 cm³/mol. The number of halogens is 1. The van der Waals surface area contributed by atoms with E-state index in [4.69, 9.17) is 11.6 Å². The molecule has 2 aliphatic carbocycles. The van der Waals surface area contributed by atoms with E-state index in [-0.39, 0.29) is 40.9 Å². The molecule has 232 valence electrons.